The largest absolute Gasteiger partial charge is 0.317 e. The zero-order valence-corrected chi connectivity index (χ0v) is 9.82. The molecule has 0 bridgehead atoms. The van der Waals surface area contributed by atoms with Crippen molar-refractivity contribution in [1.82, 2.24) is 20.1 Å². The molecule has 4 nitrogen and oxygen atoms in total. The molecule has 0 aromatic carbocycles. The van der Waals surface area contributed by atoms with E-state index in [1.54, 1.807) is 0 Å². The lowest BCUT2D eigenvalue weighted by molar-refractivity contribution is 0.160. The zero-order valence-electron chi connectivity index (χ0n) is 9.82. The summed E-state index contributed by atoms with van der Waals surface area (Å²) in [6, 6.07) is 0.574. The molecule has 1 aliphatic carbocycles. The Kier molecular flexibility index (Phi) is 3.05. The van der Waals surface area contributed by atoms with Crippen LogP contribution >= 0.6 is 0 Å². The molecular weight excluding hydrogens is 188 g/mol. The Morgan fingerprint density at radius 3 is 2.67 bits per heavy atom. The van der Waals surface area contributed by atoms with Gasteiger partial charge in [-0.25, -0.2) is 9.67 Å². The van der Waals surface area contributed by atoms with Gasteiger partial charge in [-0.2, -0.15) is 5.10 Å². The van der Waals surface area contributed by atoms with Crippen molar-refractivity contribution in [2.24, 2.45) is 5.92 Å². The van der Waals surface area contributed by atoms with Crippen molar-refractivity contribution < 1.29 is 0 Å². The molecule has 0 aliphatic heterocycles. The Labute approximate surface area is 91.1 Å². The van der Waals surface area contributed by atoms with Gasteiger partial charge in [-0.1, -0.05) is 6.92 Å². The second-order valence-corrected chi connectivity index (χ2v) is 4.36. The third-order valence-corrected chi connectivity index (χ3v) is 3.26. The Balaban J connectivity index is 2.02. The van der Waals surface area contributed by atoms with Crippen LogP contribution in [0.1, 0.15) is 37.5 Å². The summed E-state index contributed by atoms with van der Waals surface area (Å²) < 4.78 is 2.11. The van der Waals surface area contributed by atoms with Crippen molar-refractivity contribution in [3.05, 3.63) is 11.6 Å². The van der Waals surface area contributed by atoms with Crippen molar-refractivity contribution >= 4 is 0 Å². The SMILES string of the molecule is CCNCC1CCC1n1nc(C)nc1C. The maximum Gasteiger partial charge on any atom is 0.147 e. The van der Waals surface area contributed by atoms with E-state index in [1.807, 2.05) is 13.8 Å². The molecule has 1 aliphatic rings. The first-order valence-electron chi connectivity index (χ1n) is 5.82. The van der Waals surface area contributed by atoms with E-state index in [1.165, 1.54) is 12.8 Å². The number of rotatable bonds is 4. The highest BCUT2D eigenvalue weighted by molar-refractivity contribution is 4.95. The third kappa shape index (κ3) is 2.04. The molecule has 0 radical (unpaired) electrons. The smallest absolute Gasteiger partial charge is 0.147 e. The van der Waals surface area contributed by atoms with Crippen molar-refractivity contribution in [2.45, 2.75) is 39.7 Å². The molecule has 1 aromatic rings. The van der Waals surface area contributed by atoms with Crippen LogP contribution in [0.5, 0.6) is 0 Å². The van der Waals surface area contributed by atoms with Gasteiger partial charge >= 0.3 is 0 Å². The lowest BCUT2D eigenvalue weighted by Gasteiger charge is -2.37. The van der Waals surface area contributed by atoms with E-state index in [-0.39, 0.29) is 0 Å². The summed E-state index contributed by atoms with van der Waals surface area (Å²) >= 11 is 0. The summed E-state index contributed by atoms with van der Waals surface area (Å²) in [5.41, 5.74) is 0. The van der Waals surface area contributed by atoms with E-state index >= 15 is 0 Å². The van der Waals surface area contributed by atoms with Crippen molar-refractivity contribution in [3.63, 3.8) is 0 Å². The normalized spacial score (nSPS) is 25.3. The van der Waals surface area contributed by atoms with E-state index in [2.05, 4.69) is 27.0 Å². The second-order valence-electron chi connectivity index (χ2n) is 4.36. The molecule has 2 atom stereocenters. The fraction of sp³-hybridized carbons (Fsp3) is 0.818. The maximum absolute atomic E-state index is 4.47. The van der Waals surface area contributed by atoms with Gasteiger partial charge in [0.2, 0.25) is 0 Å². The van der Waals surface area contributed by atoms with Gasteiger partial charge in [0, 0.05) is 0 Å². The summed E-state index contributed by atoms with van der Waals surface area (Å²) in [6.45, 7) is 8.32. The molecule has 1 N–H and O–H groups in total. The second kappa shape index (κ2) is 4.31. The summed E-state index contributed by atoms with van der Waals surface area (Å²) in [5.74, 6) is 2.69. The van der Waals surface area contributed by atoms with E-state index in [0.29, 0.717) is 6.04 Å². The number of aryl methyl sites for hydroxylation is 2. The molecule has 1 aromatic heterocycles. The highest BCUT2D eigenvalue weighted by Gasteiger charge is 2.33. The molecular formula is C11H20N4. The Morgan fingerprint density at radius 1 is 1.40 bits per heavy atom. The minimum Gasteiger partial charge on any atom is -0.317 e. The molecule has 1 saturated carbocycles. The highest BCUT2D eigenvalue weighted by Crippen LogP contribution is 2.38. The Morgan fingerprint density at radius 2 is 2.20 bits per heavy atom. The molecule has 0 saturated heterocycles. The molecule has 4 heteroatoms. The van der Waals surface area contributed by atoms with Crippen LogP contribution in [-0.2, 0) is 0 Å². The summed E-state index contributed by atoms with van der Waals surface area (Å²) in [7, 11) is 0. The summed E-state index contributed by atoms with van der Waals surface area (Å²) in [5, 5.41) is 7.88. The van der Waals surface area contributed by atoms with Gasteiger partial charge in [0.15, 0.2) is 0 Å². The molecule has 15 heavy (non-hydrogen) atoms. The summed E-state index contributed by atoms with van der Waals surface area (Å²) in [6.07, 6.45) is 2.57. The lowest BCUT2D eigenvalue weighted by atomic mass is 9.79. The van der Waals surface area contributed by atoms with Gasteiger partial charge in [-0.15, -0.1) is 0 Å². The lowest BCUT2D eigenvalue weighted by Crippen LogP contribution is -2.37. The standard InChI is InChI=1S/C11H20N4/c1-4-12-7-10-5-6-11(10)15-9(3)13-8(2)14-15/h10-12H,4-7H2,1-3H3. The van der Waals surface area contributed by atoms with Gasteiger partial charge in [-0.05, 0) is 45.7 Å². The summed E-state index contributed by atoms with van der Waals surface area (Å²) in [4.78, 5) is 4.36. The fourth-order valence-electron chi connectivity index (χ4n) is 2.29. The predicted octanol–water partition coefficient (Wildman–Crippen LogP) is 1.46. The van der Waals surface area contributed by atoms with Crippen LogP contribution in [0.4, 0.5) is 0 Å². The molecule has 84 valence electrons. The van der Waals surface area contributed by atoms with Crippen molar-refractivity contribution in [2.75, 3.05) is 13.1 Å². The van der Waals surface area contributed by atoms with Gasteiger partial charge in [0.25, 0.3) is 0 Å². The van der Waals surface area contributed by atoms with Crippen LogP contribution in [0.3, 0.4) is 0 Å². The number of hydrogen-bond donors (Lipinski definition) is 1. The highest BCUT2D eigenvalue weighted by atomic mass is 15.4. The fourth-order valence-corrected chi connectivity index (χ4v) is 2.29. The topological polar surface area (TPSA) is 42.7 Å². The van der Waals surface area contributed by atoms with Gasteiger partial charge in [-0.3, -0.25) is 0 Å². The molecule has 0 spiro atoms. The van der Waals surface area contributed by atoms with E-state index < -0.39 is 0 Å². The van der Waals surface area contributed by atoms with Crippen molar-refractivity contribution in [1.29, 1.82) is 0 Å². The molecule has 0 amide bonds. The van der Waals surface area contributed by atoms with Crippen LogP contribution in [0.25, 0.3) is 0 Å². The first kappa shape index (κ1) is 10.6. The minimum atomic E-state index is 0.574. The van der Waals surface area contributed by atoms with Crippen molar-refractivity contribution in [3.8, 4) is 0 Å². The van der Waals surface area contributed by atoms with Crippen LogP contribution in [0.15, 0.2) is 0 Å². The number of hydrogen-bond acceptors (Lipinski definition) is 3. The molecule has 1 heterocycles. The van der Waals surface area contributed by atoms with Crippen LogP contribution in [0, 0.1) is 19.8 Å². The average Bonchev–Trinajstić information content (AvgIpc) is 2.45. The van der Waals surface area contributed by atoms with E-state index in [4.69, 9.17) is 0 Å². The monoisotopic (exact) mass is 208 g/mol. The van der Waals surface area contributed by atoms with Gasteiger partial charge in [0.1, 0.15) is 11.6 Å². The molecule has 2 unspecified atom stereocenters. The molecule has 1 fully saturated rings. The number of aromatic nitrogens is 3. The number of nitrogens with one attached hydrogen (secondary N) is 1. The Bertz CT molecular complexity index is 331. The van der Waals surface area contributed by atoms with Gasteiger partial charge in [0.05, 0.1) is 6.04 Å². The first-order valence-corrected chi connectivity index (χ1v) is 5.82. The minimum absolute atomic E-state index is 0.574. The number of nitrogens with zero attached hydrogens (tertiary/aromatic N) is 3. The third-order valence-electron chi connectivity index (χ3n) is 3.26. The van der Waals surface area contributed by atoms with Crippen LogP contribution < -0.4 is 5.32 Å². The van der Waals surface area contributed by atoms with E-state index in [9.17, 15) is 0 Å². The zero-order chi connectivity index (χ0) is 10.8. The van der Waals surface area contributed by atoms with Gasteiger partial charge < -0.3 is 5.32 Å². The predicted molar refractivity (Wildman–Crippen MR) is 59.8 cm³/mol. The quantitative estimate of drug-likeness (QED) is 0.814. The van der Waals surface area contributed by atoms with Crippen LogP contribution in [-0.4, -0.2) is 27.9 Å². The Hall–Kier alpha value is -0.900. The molecule has 2 rings (SSSR count). The average molecular weight is 208 g/mol. The van der Waals surface area contributed by atoms with E-state index in [0.717, 1.165) is 30.7 Å². The maximum atomic E-state index is 4.47. The first-order chi connectivity index (χ1) is 7.22. The van der Waals surface area contributed by atoms with Crippen LogP contribution in [0.2, 0.25) is 0 Å².